The quantitative estimate of drug-likeness (QED) is 0.652. The van der Waals surface area contributed by atoms with Crippen LogP contribution in [0.2, 0.25) is 0 Å². The molecule has 0 heterocycles. The van der Waals surface area contributed by atoms with E-state index >= 15 is 0 Å². The number of hydrogen-bond donors (Lipinski definition) is 0. The third-order valence-electron chi connectivity index (χ3n) is 4.35. The maximum atomic E-state index is 12.7. The zero-order chi connectivity index (χ0) is 17.5. The molecule has 1 saturated carbocycles. The van der Waals surface area contributed by atoms with Crippen LogP contribution in [-0.2, 0) is 14.3 Å². The van der Waals surface area contributed by atoms with E-state index in [9.17, 15) is 9.59 Å². The monoisotopic (exact) mass is 333 g/mol. The first kappa shape index (κ1) is 18.3. The lowest BCUT2D eigenvalue weighted by Gasteiger charge is -2.22. The molecule has 0 radical (unpaired) electrons. The first-order valence-corrected chi connectivity index (χ1v) is 8.69. The fourth-order valence-electron chi connectivity index (χ4n) is 2.98. The first-order valence-electron chi connectivity index (χ1n) is 8.69. The number of amides is 1. The van der Waals surface area contributed by atoms with Crippen molar-refractivity contribution >= 4 is 11.9 Å². The molecule has 2 rings (SSSR count). The highest BCUT2D eigenvalue weighted by Gasteiger charge is 2.45. The largest absolute Gasteiger partial charge is 0.497 e. The van der Waals surface area contributed by atoms with Crippen LogP contribution in [0.5, 0.6) is 5.75 Å². The molecule has 132 valence electrons. The predicted octanol–water partition coefficient (Wildman–Crippen LogP) is 2.99. The topological polar surface area (TPSA) is 55.8 Å². The van der Waals surface area contributed by atoms with E-state index in [1.54, 1.807) is 14.0 Å². The van der Waals surface area contributed by atoms with Gasteiger partial charge in [0.2, 0.25) is 5.91 Å². The fraction of sp³-hybridized carbons (Fsp3) is 0.579. The summed E-state index contributed by atoms with van der Waals surface area (Å²) in [5, 5.41) is 0. The van der Waals surface area contributed by atoms with Crippen molar-refractivity contribution in [3.8, 4) is 5.75 Å². The molecule has 1 fully saturated rings. The van der Waals surface area contributed by atoms with Gasteiger partial charge in [0, 0.05) is 19.0 Å². The van der Waals surface area contributed by atoms with Crippen LogP contribution in [0.1, 0.15) is 44.6 Å². The smallest absolute Gasteiger partial charge is 0.307 e. The Morgan fingerprint density at radius 1 is 1.17 bits per heavy atom. The van der Waals surface area contributed by atoms with Crippen molar-refractivity contribution < 1.29 is 19.1 Å². The molecule has 0 aromatic heterocycles. The number of methoxy groups -OCH3 is 1. The van der Waals surface area contributed by atoms with Crippen LogP contribution in [0.15, 0.2) is 24.3 Å². The summed E-state index contributed by atoms with van der Waals surface area (Å²) < 4.78 is 10.1. The summed E-state index contributed by atoms with van der Waals surface area (Å²) in [4.78, 5) is 26.1. The lowest BCUT2D eigenvalue weighted by atomic mass is 10.1. The molecule has 1 aliphatic rings. The molecule has 0 spiro atoms. The predicted molar refractivity (Wildman–Crippen MR) is 92.0 cm³/mol. The Bertz CT molecular complexity index is 555. The van der Waals surface area contributed by atoms with Crippen molar-refractivity contribution in [3.05, 3.63) is 29.8 Å². The Morgan fingerprint density at radius 3 is 2.46 bits per heavy atom. The summed E-state index contributed by atoms with van der Waals surface area (Å²) in [7, 11) is 1.64. The average molecular weight is 333 g/mol. The van der Waals surface area contributed by atoms with Gasteiger partial charge in [-0.25, -0.2) is 0 Å². The van der Waals surface area contributed by atoms with Gasteiger partial charge in [0.05, 0.1) is 20.1 Å². The minimum absolute atomic E-state index is 0.0344. The molecule has 1 aromatic rings. The van der Waals surface area contributed by atoms with Crippen LogP contribution in [0.4, 0.5) is 0 Å². The Kier molecular flexibility index (Phi) is 6.64. The first-order chi connectivity index (χ1) is 11.6. The molecule has 0 saturated heterocycles. The second kappa shape index (κ2) is 8.71. The van der Waals surface area contributed by atoms with Crippen molar-refractivity contribution in [2.45, 2.75) is 39.0 Å². The van der Waals surface area contributed by atoms with Gasteiger partial charge in [-0.3, -0.25) is 9.59 Å². The highest BCUT2D eigenvalue weighted by atomic mass is 16.5. The standard InChI is InChI=1S/C19H27NO4/c1-4-11-20(12-10-18(21)24-5-2)19(22)17-13-16(17)14-6-8-15(23-3)9-7-14/h6-9,16-17H,4-5,10-13H2,1-3H3. The van der Waals surface area contributed by atoms with Crippen molar-refractivity contribution in [1.82, 2.24) is 4.90 Å². The number of benzene rings is 1. The van der Waals surface area contributed by atoms with Gasteiger partial charge in [-0.2, -0.15) is 0 Å². The van der Waals surface area contributed by atoms with E-state index in [0.29, 0.717) is 19.7 Å². The average Bonchev–Trinajstić information content (AvgIpc) is 3.39. The van der Waals surface area contributed by atoms with E-state index < -0.39 is 0 Å². The number of esters is 1. The summed E-state index contributed by atoms with van der Waals surface area (Å²) in [6.45, 7) is 5.33. The Hall–Kier alpha value is -2.04. The van der Waals surface area contributed by atoms with E-state index in [1.807, 2.05) is 36.1 Å². The van der Waals surface area contributed by atoms with Crippen molar-refractivity contribution in [2.24, 2.45) is 5.92 Å². The highest BCUT2D eigenvalue weighted by Crippen LogP contribution is 2.48. The molecule has 1 aromatic carbocycles. The lowest BCUT2D eigenvalue weighted by Crippen LogP contribution is -2.35. The van der Waals surface area contributed by atoms with E-state index in [0.717, 1.165) is 18.6 Å². The van der Waals surface area contributed by atoms with Crippen molar-refractivity contribution in [3.63, 3.8) is 0 Å². The summed E-state index contributed by atoms with van der Waals surface area (Å²) in [6, 6.07) is 7.92. The number of carbonyl (C=O) groups excluding carboxylic acids is 2. The fourth-order valence-corrected chi connectivity index (χ4v) is 2.98. The summed E-state index contributed by atoms with van der Waals surface area (Å²) >= 11 is 0. The van der Waals surface area contributed by atoms with Gasteiger partial charge in [0.25, 0.3) is 0 Å². The SMILES string of the molecule is CCCN(CCC(=O)OCC)C(=O)C1CC1c1ccc(OC)cc1. The number of nitrogens with zero attached hydrogens (tertiary/aromatic N) is 1. The van der Waals surface area contributed by atoms with Crippen molar-refractivity contribution in [1.29, 1.82) is 0 Å². The number of carbonyl (C=O) groups is 2. The molecular weight excluding hydrogens is 306 g/mol. The van der Waals surface area contributed by atoms with Crippen LogP contribution in [0, 0.1) is 5.92 Å². The van der Waals surface area contributed by atoms with E-state index in [-0.39, 0.29) is 30.1 Å². The molecule has 1 aliphatic carbocycles. The number of ether oxygens (including phenoxy) is 2. The van der Waals surface area contributed by atoms with Crippen LogP contribution in [0.3, 0.4) is 0 Å². The minimum Gasteiger partial charge on any atom is -0.497 e. The van der Waals surface area contributed by atoms with Gasteiger partial charge >= 0.3 is 5.97 Å². The molecular formula is C19H27NO4. The second-order valence-electron chi connectivity index (χ2n) is 6.10. The van der Waals surface area contributed by atoms with Crippen LogP contribution in [-0.4, -0.2) is 43.6 Å². The lowest BCUT2D eigenvalue weighted by molar-refractivity contribution is -0.144. The summed E-state index contributed by atoms with van der Waals surface area (Å²) in [5.74, 6) is 1.05. The summed E-state index contributed by atoms with van der Waals surface area (Å²) in [6.07, 6.45) is 2.03. The Labute approximate surface area is 143 Å². The van der Waals surface area contributed by atoms with Crippen LogP contribution in [0.25, 0.3) is 0 Å². The van der Waals surface area contributed by atoms with Gasteiger partial charge in [-0.05, 0) is 43.4 Å². The second-order valence-corrected chi connectivity index (χ2v) is 6.10. The molecule has 0 bridgehead atoms. The molecule has 2 unspecified atom stereocenters. The molecule has 2 atom stereocenters. The Balaban J connectivity index is 1.91. The van der Waals surface area contributed by atoms with Gasteiger partial charge in [-0.1, -0.05) is 19.1 Å². The highest BCUT2D eigenvalue weighted by molar-refractivity contribution is 5.83. The third kappa shape index (κ3) is 4.73. The van der Waals surface area contributed by atoms with Crippen LogP contribution >= 0.6 is 0 Å². The molecule has 5 heteroatoms. The zero-order valence-corrected chi connectivity index (χ0v) is 14.8. The maximum absolute atomic E-state index is 12.7. The summed E-state index contributed by atoms with van der Waals surface area (Å²) in [5.41, 5.74) is 1.18. The van der Waals surface area contributed by atoms with E-state index in [2.05, 4.69) is 0 Å². The minimum atomic E-state index is -0.242. The number of rotatable bonds is 9. The van der Waals surface area contributed by atoms with Gasteiger partial charge in [0.15, 0.2) is 0 Å². The third-order valence-corrected chi connectivity index (χ3v) is 4.35. The molecule has 5 nitrogen and oxygen atoms in total. The zero-order valence-electron chi connectivity index (χ0n) is 14.8. The van der Waals surface area contributed by atoms with Gasteiger partial charge in [-0.15, -0.1) is 0 Å². The van der Waals surface area contributed by atoms with Crippen molar-refractivity contribution in [2.75, 3.05) is 26.8 Å². The van der Waals surface area contributed by atoms with E-state index in [1.165, 1.54) is 5.56 Å². The molecule has 24 heavy (non-hydrogen) atoms. The number of hydrogen-bond acceptors (Lipinski definition) is 4. The molecule has 0 N–H and O–H groups in total. The Morgan fingerprint density at radius 2 is 1.88 bits per heavy atom. The normalized spacial score (nSPS) is 18.8. The van der Waals surface area contributed by atoms with Crippen LogP contribution < -0.4 is 4.74 Å². The van der Waals surface area contributed by atoms with E-state index in [4.69, 9.17) is 9.47 Å². The van der Waals surface area contributed by atoms with Gasteiger partial charge < -0.3 is 14.4 Å². The molecule has 1 amide bonds. The van der Waals surface area contributed by atoms with Gasteiger partial charge in [0.1, 0.15) is 5.75 Å². The maximum Gasteiger partial charge on any atom is 0.307 e. The molecule has 0 aliphatic heterocycles.